The SMILES string of the molecule is O=C(O)c1cc(Sc2nccc3ccccc23)ccn1. The van der Waals surface area contributed by atoms with Crippen LogP contribution < -0.4 is 0 Å². The first-order valence-electron chi connectivity index (χ1n) is 5.95. The molecule has 0 aliphatic carbocycles. The van der Waals surface area contributed by atoms with Gasteiger partial charge in [-0.3, -0.25) is 0 Å². The standard InChI is InChI=1S/C15H10N2O2S/c18-15(19)13-9-11(6-8-16-13)20-14-12-4-2-1-3-10(12)5-7-17-14/h1-9H,(H,18,19). The number of benzene rings is 1. The molecule has 4 nitrogen and oxygen atoms in total. The second-order valence-corrected chi connectivity index (χ2v) is 5.18. The normalized spacial score (nSPS) is 10.6. The van der Waals surface area contributed by atoms with E-state index in [0.717, 1.165) is 20.7 Å². The molecule has 0 bridgehead atoms. The summed E-state index contributed by atoms with van der Waals surface area (Å²) in [6.07, 6.45) is 3.25. The van der Waals surface area contributed by atoms with Crippen LogP contribution in [-0.4, -0.2) is 21.0 Å². The molecule has 0 saturated carbocycles. The smallest absolute Gasteiger partial charge is 0.354 e. The van der Waals surface area contributed by atoms with E-state index in [4.69, 9.17) is 5.11 Å². The summed E-state index contributed by atoms with van der Waals surface area (Å²) in [5.74, 6) is -1.03. The maximum absolute atomic E-state index is 10.9. The highest BCUT2D eigenvalue weighted by Crippen LogP contribution is 2.31. The highest BCUT2D eigenvalue weighted by molar-refractivity contribution is 7.99. The maximum atomic E-state index is 10.9. The van der Waals surface area contributed by atoms with Gasteiger partial charge >= 0.3 is 5.97 Å². The summed E-state index contributed by atoms with van der Waals surface area (Å²) in [6, 6.07) is 13.3. The number of hydrogen-bond acceptors (Lipinski definition) is 4. The van der Waals surface area contributed by atoms with E-state index in [9.17, 15) is 4.79 Å². The first-order valence-corrected chi connectivity index (χ1v) is 6.76. The quantitative estimate of drug-likeness (QED) is 0.796. The molecule has 2 aromatic heterocycles. The maximum Gasteiger partial charge on any atom is 0.354 e. The third-order valence-corrected chi connectivity index (χ3v) is 3.81. The fourth-order valence-electron chi connectivity index (χ4n) is 1.88. The summed E-state index contributed by atoms with van der Waals surface area (Å²) < 4.78 is 0. The molecule has 5 heteroatoms. The van der Waals surface area contributed by atoms with Crippen molar-refractivity contribution in [3.8, 4) is 0 Å². The Bertz CT molecular complexity index is 784. The lowest BCUT2D eigenvalue weighted by molar-refractivity contribution is 0.0690. The fourth-order valence-corrected chi connectivity index (χ4v) is 2.81. The van der Waals surface area contributed by atoms with Crippen LogP contribution in [0.25, 0.3) is 10.8 Å². The number of aromatic nitrogens is 2. The lowest BCUT2D eigenvalue weighted by Crippen LogP contribution is -1.99. The number of fused-ring (bicyclic) bond motifs is 1. The number of nitrogens with zero attached hydrogens (tertiary/aromatic N) is 2. The molecule has 0 aliphatic heterocycles. The highest BCUT2D eigenvalue weighted by atomic mass is 32.2. The topological polar surface area (TPSA) is 63.1 Å². The average molecular weight is 282 g/mol. The molecular formula is C15H10N2O2S. The monoisotopic (exact) mass is 282 g/mol. The van der Waals surface area contributed by atoms with Gasteiger partial charge in [0.2, 0.25) is 0 Å². The third-order valence-electron chi connectivity index (χ3n) is 2.80. The van der Waals surface area contributed by atoms with Crippen molar-refractivity contribution in [1.82, 2.24) is 9.97 Å². The summed E-state index contributed by atoms with van der Waals surface area (Å²) in [7, 11) is 0. The first-order chi connectivity index (χ1) is 9.74. The van der Waals surface area contributed by atoms with Gasteiger partial charge in [-0.1, -0.05) is 36.0 Å². The van der Waals surface area contributed by atoms with Gasteiger partial charge in [0.05, 0.1) is 0 Å². The zero-order chi connectivity index (χ0) is 13.9. The minimum Gasteiger partial charge on any atom is -0.477 e. The molecule has 0 atom stereocenters. The number of carbonyl (C=O) groups is 1. The molecule has 0 radical (unpaired) electrons. The van der Waals surface area contributed by atoms with Crippen molar-refractivity contribution < 1.29 is 9.90 Å². The number of rotatable bonds is 3. The molecule has 0 saturated heterocycles. The summed E-state index contributed by atoms with van der Waals surface area (Å²) in [5.41, 5.74) is 0.0373. The number of aromatic carboxylic acids is 1. The van der Waals surface area contributed by atoms with E-state index in [1.165, 1.54) is 18.0 Å². The molecule has 2 heterocycles. The van der Waals surface area contributed by atoms with Crippen LogP contribution in [0.5, 0.6) is 0 Å². The Hall–Kier alpha value is -2.40. The molecule has 0 unspecified atom stereocenters. The van der Waals surface area contributed by atoms with Gasteiger partial charge in [0.25, 0.3) is 0 Å². The predicted octanol–water partition coefficient (Wildman–Crippen LogP) is 3.48. The average Bonchev–Trinajstić information content (AvgIpc) is 2.48. The van der Waals surface area contributed by atoms with Gasteiger partial charge in [-0.15, -0.1) is 0 Å². The zero-order valence-corrected chi connectivity index (χ0v) is 11.2. The van der Waals surface area contributed by atoms with Gasteiger partial charge in [0.15, 0.2) is 0 Å². The van der Waals surface area contributed by atoms with Crippen LogP contribution in [0.2, 0.25) is 0 Å². The molecule has 98 valence electrons. The zero-order valence-electron chi connectivity index (χ0n) is 10.4. The molecule has 3 rings (SSSR count). The Morgan fingerprint density at radius 3 is 2.70 bits per heavy atom. The summed E-state index contributed by atoms with van der Waals surface area (Å²) in [6.45, 7) is 0. The number of carboxylic acid groups (broad SMARTS) is 1. The molecule has 20 heavy (non-hydrogen) atoms. The molecule has 0 spiro atoms. The minimum absolute atomic E-state index is 0.0373. The molecule has 1 N–H and O–H groups in total. The molecular weight excluding hydrogens is 272 g/mol. The predicted molar refractivity (Wildman–Crippen MR) is 77.1 cm³/mol. The van der Waals surface area contributed by atoms with Gasteiger partial charge in [-0.05, 0) is 23.6 Å². The molecule has 0 amide bonds. The van der Waals surface area contributed by atoms with Gasteiger partial charge in [0, 0.05) is 22.7 Å². The van der Waals surface area contributed by atoms with Crippen LogP contribution in [0.1, 0.15) is 10.5 Å². The number of pyridine rings is 2. The number of carboxylic acids is 1. The second kappa shape index (κ2) is 5.30. The highest BCUT2D eigenvalue weighted by Gasteiger charge is 2.08. The molecule has 0 aliphatic rings. The lowest BCUT2D eigenvalue weighted by atomic mass is 10.2. The Morgan fingerprint density at radius 2 is 1.85 bits per heavy atom. The van der Waals surface area contributed by atoms with Gasteiger partial charge in [0.1, 0.15) is 10.7 Å². The van der Waals surface area contributed by atoms with Crippen LogP contribution in [-0.2, 0) is 0 Å². The van der Waals surface area contributed by atoms with Crippen molar-refractivity contribution in [2.45, 2.75) is 9.92 Å². The number of hydrogen-bond donors (Lipinski definition) is 1. The third kappa shape index (κ3) is 2.48. The van der Waals surface area contributed by atoms with E-state index < -0.39 is 5.97 Å². The Balaban J connectivity index is 2.01. The van der Waals surface area contributed by atoms with Crippen LogP contribution in [0.4, 0.5) is 0 Å². The van der Waals surface area contributed by atoms with Crippen molar-refractivity contribution in [3.05, 3.63) is 60.6 Å². The van der Waals surface area contributed by atoms with Gasteiger partial charge in [-0.2, -0.15) is 0 Å². The second-order valence-electron chi connectivity index (χ2n) is 4.12. The van der Waals surface area contributed by atoms with Crippen LogP contribution in [0.15, 0.2) is 64.8 Å². The van der Waals surface area contributed by atoms with Crippen molar-refractivity contribution in [3.63, 3.8) is 0 Å². The first kappa shape index (κ1) is 12.6. The van der Waals surface area contributed by atoms with E-state index in [1.54, 1.807) is 18.3 Å². The van der Waals surface area contributed by atoms with Crippen molar-refractivity contribution in [1.29, 1.82) is 0 Å². The van der Waals surface area contributed by atoms with Gasteiger partial charge < -0.3 is 5.11 Å². The fraction of sp³-hybridized carbons (Fsp3) is 0. The Labute approximate surface area is 119 Å². The largest absolute Gasteiger partial charge is 0.477 e. The minimum atomic E-state index is -1.03. The van der Waals surface area contributed by atoms with Crippen molar-refractivity contribution in [2.24, 2.45) is 0 Å². The van der Waals surface area contributed by atoms with Crippen LogP contribution in [0.3, 0.4) is 0 Å². The molecule has 0 fully saturated rings. The van der Waals surface area contributed by atoms with E-state index in [1.807, 2.05) is 30.3 Å². The van der Waals surface area contributed by atoms with Gasteiger partial charge in [-0.25, -0.2) is 14.8 Å². The summed E-state index contributed by atoms with van der Waals surface area (Å²) in [4.78, 5) is 19.9. The molecule has 3 aromatic rings. The molecule has 1 aromatic carbocycles. The summed E-state index contributed by atoms with van der Waals surface area (Å²) in [5, 5.41) is 12.0. The van der Waals surface area contributed by atoms with E-state index >= 15 is 0 Å². The van der Waals surface area contributed by atoms with E-state index in [2.05, 4.69) is 9.97 Å². The van der Waals surface area contributed by atoms with Crippen molar-refractivity contribution in [2.75, 3.05) is 0 Å². The Morgan fingerprint density at radius 1 is 1.05 bits per heavy atom. The van der Waals surface area contributed by atoms with Crippen LogP contribution >= 0.6 is 11.8 Å². The Kier molecular flexibility index (Phi) is 3.35. The lowest BCUT2D eigenvalue weighted by Gasteiger charge is -2.05. The van der Waals surface area contributed by atoms with E-state index in [0.29, 0.717) is 0 Å². The summed E-state index contributed by atoms with van der Waals surface area (Å²) >= 11 is 1.43. The van der Waals surface area contributed by atoms with E-state index in [-0.39, 0.29) is 5.69 Å². The van der Waals surface area contributed by atoms with Crippen LogP contribution in [0, 0.1) is 0 Å². The van der Waals surface area contributed by atoms with Crippen molar-refractivity contribution >= 4 is 28.5 Å².